The van der Waals surface area contributed by atoms with Crippen LogP contribution in [0, 0.1) is 0 Å². The molecule has 0 spiro atoms. The molecule has 0 aromatic heterocycles. The summed E-state index contributed by atoms with van der Waals surface area (Å²) in [4.78, 5) is 0. The Morgan fingerprint density at radius 2 is 1.75 bits per heavy atom. The fourth-order valence-corrected chi connectivity index (χ4v) is 2.16. The molecule has 0 fully saturated rings. The molecule has 0 aliphatic carbocycles. The number of nitrogens with one attached hydrogen (secondary N) is 2. The Labute approximate surface area is 132 Å². The smallest absolute Gasteiger partial charge is 0.170 e. The summed E-state index contributed by atoms with van der Waals surface area (Å²) in [6.07, 6.45) is -0.583. The lowest BCUT2D eigenvalue weighted by atomic mass is 10.1. The molecule has 2 aromatic carbocycles. The standard InChI is InChI=1S/C15H15BrN2OS/c16-12-6-8-13(9-7-12)18-15(20)17-10-14(19)11-4-2-1-3-5-11/h1-9,14,19H,10H2,(H2,17,18,20). The second kappa shape index (κ2) is 7.38. The van der Waals surface area contributed by atoms with Gasteiger partial charge in [-0.3, -0.25) is 0 Å². The van der Waals surface area contributed by atoms with Gasteiger partial charge in [0.2, 0.25) is 0 Å². The lowest BCUT2D eigenvalue weighted by Gasteiger charge is -2.14. The maximum Gasteiger partial charge on any atom is 0.170 e. The number of aliphatic hydroxyl groups excluding tert-OH is 1. The molecule has 1 unspecified atom stereocenters. The van der Waals surface area contributed by atoms with E-state index in [0.717, 1.165) is 15.7 Å². The van der Waals surface area contributed by atoms with Crippen molar-refractivity contribution in [3.63, 3.8) is 0 Å². The SMILES string of the molecule is OC(CNC(=S)Nc1ccc(Br)cc1)c1ccccc1. The average molecular weight is 351 g/mol. The van der Waals surface area contributed by atoms with Crippen LogP contribution in [-0.4, -0.2) is 16.8 Å². The van der Waals surface area contributed by atoms with Gasteiger partial charge >= 0.3 is 0 Å². The van der Waals surface area contributed by atoms with Crippen molar-refractivity contribution in [3.8, 4) is 0 Å². The molecule has 0 amide bonds. The second-order valence-corrected chi connectivity index (χ2v) is 5.59. The van der Waals surface area contributed by atoms with Crippen LogP contribution in [-0.2, 0) is 0 Å². The van der Waals surface area contributed by atoms with Crippen LogP contribution in [0.5, 0.6) is 0 Å². The molecule has 3 nitrogen and oxygen atoms in total. The first-order valence-corrected chi connectivity index (χ1v) is 7.39. The molecular formula is C15H15BrN2OS. The molecule has 0 saturated carbocycles. The normalized spacial score (nSPS) is 11.7. The molecule has 3 N–H and O–H groups in total. The molecule has 0 aliphatic rings. The Balaban J connectivity index is 1.82. The molecular weight excluding hydrogens is 336 g/mol. The minimum atomic E-state index is -0.583. The predicted molar refractivity (Wildman–Crippen MR) is 89.8 cm³/mol. The van der Waals surface area contributed by atoms with E-state index >= 15 is 0 Å². The number of halogens is 1. The molecule has 1 atom stereocenters. The quantitative estimate of drug-likeness (QED) is 0.738. The van der Waals surface area contributed by atoms with E-state index in [2.05, 4.69) is 26.6 Å². The minimum Gasteiger partial charge on any atom is -0.387 e. The molecule has 0 saturated heterocycles. The van der Waals surface area contributed by atoms with E-state index in [1.54, 1.807) is 0 Å². The summed E-state index contributed by atoms with van der Waals surface area (Å²) < 4.78 is 1.02. The van der Waals surface area contributed by atoms with Crippen molar-refractivity contribution < 1.29 is 5.11 Å². The lowest BCUT2D eigenvalue weighted by Crippen LogP contribution is -2.32. The monoisotopic (exact) mass is 350 g/mol. The summed E-state index contributed by atoms with van der Waals surface area (Å²) in [5.74, 6) is 0. The number of benzene rings is 2. The second-order valence-electron chi connectivity index (χ2n) is 4.27. The van der Waals surface area contributed by atoms with Crippen LogP contribution >= 0.6 is 28.1 Å². The third-order valence-corrected chi connectivity index (χ3v) is 3.52. The van der Waals surface area contributed by atoms with Crippen molar-refractivity contribution in [2.75, 3.05) is 11.9 Å². The molecule has 0 radical (unpaired) electrons. The van der Waals surface area contributed by atoms with E-state index in [4.69, 9.17) is 12.2 Å². The van der Waals surface area contributed by atoms with E-state index < -0.39 is 6.10 Å². The number of hydrogen-bond acceptors (Lipinski definition) is 2. The summed E-state index contributed by atoms with van der Waals surface area (Å²) in [6.45, 7) is 0.367. The maximum atomic E-state index is 10.0. The highest BCUT2D eigenvalue weighted by Crippen LogP contribution is 2.14. The topological polar surface area (TPSA) is 44.3 Å². The van der Waals surface area contributed by atoms with Crippen LogP contribution in [0.1, 0.15) is 11.7 Å². The highest BCUT2D eigenvalue weighted by molar-refractivity contribution is 9.10. The van der Waals surface area contributed by atoms with Gasteiger partial charge in [0, 0.05) is 16.7 Å². The van der Waals surface area contributed by atoms with Gasteiger partial charge in [-0.25, -0.2) is 0 Å². The average Bonchev–Trinajstić information content (AvgIpc) is 2.48. The Hall–Kier alpha value is -1.43. The Bertz CT molecular complexity index is 560. The van der Waals surface area contributed by atoms with Crippen molar-refractivity contribution in [1.29, 1.82) is 0 Å². The minimum absolute atomic E-state index is 0.367. The molecule has 20 heavy (non-hydrogen) atoms. The van der Waals surface area contributed by atoms with Gasteiger partial charge in [-0.2, -0.15) is 0 Å². The first-order valence-electron chi connectivity index (χ1n) is 6.18. The van der Waals surface area contributed by atoms with E-state index in [9.17, 15) is 5.11 Å². The number of hydrogen-bond donors (Lipinski definition) is 3. The largest absolute Gasteiger partial charge is 0.387 e. The van der Waals surface area contributed by atoms with Gasteiger partial charge in [-0.15, -0.1) is 0 Å². The third kappa shape index (κ3) is 4.59. The zero-order chi connectivity index (χ0) is 14.4. The van der Waals surface area contributed by atoms with Gasteiger partial charge in [0.1, 0.15) is 0 Å². The van der Waals surface area contributed by atoms with Gasteiger partial charge in [-0.05, 0) is 42.0 Å². The number of thiocarbonyl (C=S) groups is 1. The number of rotatable bonds is 4. The van der Waals surface area contributed by atoms with E-state index in [1.165, 1.54) is 0 Å². The number of aliphatic hydroxyl groups is 1. The fraction of sp³-hybridized carbons (Fsp3) is 0.133. The Morgan fingerprint density at radius 1 is 1.10 bits per heavy atom. The molecule has 2 rings (SSSR count). The lowest BCUT2D eigenvalue weighted by molar-refractivity contribution is 0.181. The molecule has 0 heterocycles. The zero-order valence-corrected chi connectivity index (χ0v) is 13.1. The van der Waals surface area contributed by atoms with Crippen LogP contribution in [0.3, 0.4) is 0 Å². The first-order chi connectivity index (χ1) is 9.65. The molecule has 0 bridgehead atoms. The van der Waals surface area contributed by atoms with Crippen LogP contribution in [0.4, 0.5) is 5.69 Å². The van der Waals surface area contributed by atoms with Crippen molar-refractivity contribution in [2.24, 2.45) is 0 Å². The maximum absolute atomic E-state index is 10.0. The van der Waals surface area contributed by atoms with E-state index in [1.807, 2.05) is 54.6 Å². The van der Waals surface area contributed by atoms with Crippen LogP contribution in [0.25, 0.3) is 0 Å². The van der Waals surface area contributed by atoms with Gasteiger partial charge in [0.15, 0.2) is 5.11 Å². The van der Waals surface area contributed by atoms with Crippen molar-refractivity contribution in [3.05, 3.63) is 64.6 Å². The Morgan fingerprint density at radius 3 is 2.40 bits per heavy atom. The van der Waals surface area contributed by atoms with Crippen LogP contribution in [0.2, 0.25) is 0 Å². The first kappa shape index (κ1) is 15.0. The van der Waals surface area contributed by atoms with Crippen LogP contribution < -0.4 is 10.6 Å². The zero-order valence-electron chi connectivity index (χ0n) is 10.7. The molecule has 5 heteroatoms. The molecule has 2 aromatic rings. The van der Waals surface area contributed by atoms with E-state index in [0.29, 0.717) is 11.7 Å². The van der Waals surface area contributed by atoms with E-state index in [-0.39, 0.29) is 0 Å². The highest BCUT2D eigenvalue weighted by atomic mass is 79.9. The highest BCUT2D eigenvalue weighted by Gasteiger charge is 2.07. The third-order valence-electron chi connectivity index (χ3n) is 2.74. The van der Waals surface area contributed by atoms with Gasteiger partial charge in [-0.1, -0.05) is 46.3 Å². The summed E-state index contributed by atoms with van der Waals surface area (Å²) in [6, 6.07) is 17.2. The van der Waals surface area contributed by atoms with Gasteiger partial charge < -0.3 is 15.7 Å². The molecule has 104 valence electrons. The van der Waals surface area contributed by atoms with Crippen molar-refractivity contribution >= 4 is 38.9 Å². The summed E-state index contributed by atoms with van der Waals surface area (Å²) in [5, 5.41) is 16.6. The molecule has 0 aliphatic heterocycles. The van der Waals surface area contributed by atoms with Gasteiger partial charge in [0.05, 0.1) is 6.10 Å². The van der Waals surface area contributed by atoms with Crippen LogP contribution in [0.15, 0.2) is 59.1 Å². The van der Waals surface area contributed by atoms with Gasteiger partial charge in [0.25, 0.3) is 0 Å². The van der Waals surface area contributed by atoms with Crippen molar-refractivity contribution in [2.45, 2.75) is 6.10 Å². The summed E-state index contributed by atoms with van der Waals surface area (Å²) >= 11 is 8.57. The Kier molecular flexibility index (Phi) is 5.52. The fourth-order valence-electron chi connectivity index (χ4n) is 1.69. The summed E-state index contributed by atoms with van der Waals surface area (Å²) in [7, 11) is 0. The summed E-state index contributed by atoms with van der Waals surface area (Å²) in [5.41, 5.74) is 1.77. The predicted octanol–water partition coefficient (Wildman–Crippen LogP) is 3.47. The number of anilines is 1. The van der Waals surface area contributed by atoms with Crippen molar-refractivity contribution in [1.82, 2.24) is 5.32 Å².